The monoisotopic (exact) mass is 374 g/mol. The average molecular weight is 375 g/mol. The predicted molar refractivity (Wildman–Crippen MR) is 97.8 cm³/mol. The fourth-order valence-electron chi connectivity index (χ4n) is 2.79. The topological polar surface area (TPSA) is 66.4 Å². The highest BCUT2D eigenvalue weighted by Gasteiger charge is 2.57. The third kappa shape index (κ3) is 4.71. The molecule has 0 unspecified atom stereocenters. The Hall–Kier alpha value is -0.283. The van der Waals surface area contributed by atoms with Crippen molar-refractivity contribution in [3.63, 3.8) is 0 Å². The first-order valence-electron chi connectivity index (χ1n) is 8.93. The lowest BCUT2D eigenvalue weighted by Gasteiger charge is -2.37. The molecule has 25 heavy (non-hydrogen) atoms. The molecular formula is C18H34O6Si. The molecule has 0 aromatic rings. The molecule has 0 bridgehead atoms. The maximum absolute atomic E-state index is 10.7. The van der Waals surface area contributed by atoms with Gasteiger partial charge in [-0.15, -0.1) is 6.58 Å². The van der Waals surface area contributed by atoms with Crippen molar-refractivity contribution in [2.75, 3.05) is 13.2 Å². The van der Waals surface area contributed by atoms with Gasteiger partial charge in [-0.25, -0.2) is 0 Å². The molecule has 1 N–H and O–H groups in total. The SMILES string of the molecule is C=CCO[C@H]1[C@H]2OC(C)(C)O[C@H]2O[C@@H]1[C@H](O)CO[Si](C)(C)C(C)(C)C. The molecule has 2 fully saturated rings. The number of ether oxygens (including phenoxy) is 4. The number of rotatable bonds is 7. The Balaban J connectivity index is 2.03. The molecule has 0 aromatic heterocycles. The maximum atomic E-state index is 10.7. The molecule has 7 heteroatoms. The maximum Gasteiger partial charge on any atom is 0.192 e. The molecule has 2 aliphatic rings. The number of fused-ring (bicyclic) bond motifs is 1. The second-order valence-electron chi connectivity index (χ2n) is 8.79. The van der Waals surface area contributed by atoms with Gasteiger partial charge < -0.3 is 28.5 Å². The van der Waals surface area contributed by atoms with E-state index in [2.05, 4.69) is 40.4 Å². The van der Waals surface area contributed by atoms with Crippen LogP contribution in [0.5, 0.6) is 0 Å². The Morgan fingerprint density at radius 3 is 2.48 bits per heavy atom. The first-order valence-corrected chi connectivity index (χ1v) is 11.8. The fourth-order valence-corrected chi connectivity index (χ4v) is 3.81. The Labute approximate surface area is 152 Å². The molecule has 146 valence electrons. The van der Waals surface area contributed by atoms with Crippen LogP contribution in [-0.4, -0.2) is 63.1 Å². The van der Waals surface area contributed by atoms with E-state index in [0.717, 1.165) is 0 Å². The normalized spacial score (nSPS) is 33.3. The van der Waals surface area contributed by atoms with Crippen LogP contribution in [0.15, 0.2) is 12.7 Å². The summed E-state index contributed by atoms with van der Waals surface area (Å²) in [5.41, 5.74) is 0. The lowest BCUT2D eigenvalue weighted by Crippen LogP contribution is -2.48. The second-order valence-corrected chi connectivity index (χ2v) is 13.6. The second kappa shape index (κ2) is 7.38. The standard InChI is InChI=1S/C18H34O6Si/c1-9-10-20-14-13(22-16-15(14)23-18(5,6)24-16)12(19)11-21-25(7,8)17(2,3)4/h9,12-16,19H,1,10-11H2,2-8H3/t12-,13-,14-,15-,16-/m1/s1. The lowest BCUT2D eigenvalue weighted by molar-refractivity contribution is -0.230. The van der Waals surface area contributed by atoms with Gasteiger partial charge in [0.15, 0.2) is 20.4 Å². The average Bonchev–Trinajstić information content (AvgIpc) is 2.93. The fraction of sp³-hybridized carbons (Fsp3) is 0.889. The summed E-state index contributed by atoms with van der Waals surface area (Å²) in [5.74, 6) is -0.724. The highest BCUT2D eigenvalue weighted by atomic mass is 28.4. The van der Waals surface area contributed by atoms with E-state index in [1.807, 2.05) is 13.8 Å². The van der Waals surface area contributed by atoms with Gasteiger partial charge in [0.25, 0.3) is 0 Å². The Bertz CT molecular complexity index is 473. The van der Waals surface area contributed by atoms with Gasteiger partial charge in [0.2, 0.25) is 0 Å². The Morgan fingerprint density at radius 1 is 1.28 bits per heavy atom. The zero-order valence-corrected chi connectivity index (χ0v) is 17.6. The first kappa shape index (κ1) is 21.0. The summed E-state index contributed by atoms with van der Waals surface area (Å²) >= 11 is 0. The van der Waals surface area contributed by atoms with E-state index in [4.69, 9.17) is 23.4 Å². The van der Waals surface area contributed by atoms with Crippen molar-refractivity contribution in [1.82, 2.24) is 0 Å². The Kier molecular flexibility index (Phi) is 6.21. The molecule has 5 atom stereocenters. The third-order valence-corrected chi connectivity index (χ3v) is 9.73. The van der Waals surface area contributed by atoms with Crippen LogP contribution in [0.3, 0.4) is 0 Å². The van der Waals surface area contributed by atoms with Gasteiger partial charge in [-0.1, -0.05) is 26.8 Å². The number of aliphatic hydroxyl groups is 1. The van der Waals surface area contributed by atoms with Gasteiger partial charge in [-0.2, -0.15) is 0 Å². The van der Waals surface area contributed by atoms with Crippen LogP contribution in [-0.2, 0) is 23.4 Å². The van der Waals surface area contributed by atoms with Crippen molar-refractivity contribution in [1.29, 1.82) is 0 Å². The zero-order chi connectivity index (χ0) is 19.0. The molecule has 6 nitrogen and oxygen atoms in total. The molecule has 2 saturated heterocycles. The van der Waals surface area contributed by atoms with Crippen LogP contribution >= 0.6 is 0 Å². The first-order chi connectivity index (χ1) is 11.4. The summed E-state index contributed by atoms with van der Waals surface area (Å²) in [6.07, 6.45) is -1.05. The van der Waals surface area contributed by atoms with Crippen LogP contribution in [0.2, 0.25) is 18.1 Å². The van der Waals surface area contributed by atoms with Crippen LogP contribution in [0.4, 0.5) is 0 Å². The van der Waals surface area contributed by atoms with Crippen LogP contribution in [0, 0.1) is 0 Å². The van der Waals surface area contributed by atoms with E-state index >= 15 is 0 Å². The highest BCUT2D eigenvalue weighted by molar-refractivity contribution is 6.74. The molecule has 0 saturated carbocycles. The largest absolute Gasteiger partial charge is 0.414 e. The van der Waals surface area contributed by atoms with E-state index in [1.54, 1.807) is 6.08 Å². The lowest BCUT2D eigenvalue weighted by atomic mass is 10.1. The molecule has 0 amide bonds. The van der Waals surface area contributed by atoms with E-state index in [-0.39, 0.29) is 17.7 Å². The molecular weight excluding hydrogens is 340 g/mol. The molecule has 0 aromatic carbocycles. The predicted octanol–water partition coefficient (Wildman–Crippen LogP) is 2.82. The summed E-state index contributed by atoms with van der Waals surface area (Å²) in [4.78, 5) is 0. The van der Waals surface area contributed by atoms with Gasteiger partial charge in [0.1, 0.15) is 24.4 Å². The van der Waals surface area contributed by atoms with Crippen molar-refractivity contribution < 1.29 is 28.5 Å². The van der Waals surface area contributed by atoms with Gasteiger partial charge in [-0.05, 0) is 32.0 Å². The quantitative estimate of drug-likeness (QED) is 0.546. The molecule has 2 rings (SSSR count). The Morgan fingerprint density at radius 2 is 1.92 bits per heavy atom. The summed E-state index contributed by atoms with van der Waals surface area (Å²) in [5, 5.41) is 10.8. The smallest absolute Gasteiger partial charge is 0.192 e. The van der Waals surface area contributed by atoms with Crippen LogP contribution < -0.4 is 0 Å². The highest BCUT2D eigenvalue weighted by Crippen LogP contribution is 2.40. The van der Waals surface area contributed by atoms with Gasteiger partial charge in [-0.3, -0.25) is 0 Å². The minimum Gasteiger partial charge on any atom is -0.414 e. The van der Waals surface area contributed by atoms with Gasteiger partial charge in [0.05, 0.1) is 13.2 Å². The zero-order valence-electron chi connectivity index (χ0n) is 16.6. The molecule has 0 spiro atoms. The molecule has 0 aliphatic carbocycles. The van der Waals surface area contributed by atoms with Crippen molar-refractivity contribution in [3.05, 3.63) is 12.7 Å². The van der Waals surface area contributed by atoms with Crippen molar-refractivity contribution in [2.45, 2.75) is 89.2 Å². The summed E-state index contributed by atoms with van der Waals surface area (Å²) < 4.78 is 29.6. The van der Waals surface area contributed by atoms with Gasteiger partial charge in [0, 0.05) is 0 Å². The van der Waals surface area contributed by atoms with E-state index < -0.39 is 38.7 Å². The minimum absolute atomic E-state index is 0.0781. The van der Waals surface area contributed by atoms with E-state index in [0.29, 0.717) is 6.61 Å². The van der Waals surface area contributed by atoms with E-state index in [9.17, 15) is 5.11 Å². The molecule has 2 aliphatic heterocycles. The summed E-state index contributed by atoms with van der Waals surface area (Å²) in [6.45, 7) is 18.7. The summed E-state index contributed by atoms with van der Waals surface area (Å²) in [7, 11) is -1.95. The van der Waals surface area contributed by atoms with Gasteiger partial charge >= 0.3 is 0 Å². The number of hydrogen-bond acceptors (Lipinski definition) is 6. The third-order valence-electron chi connectivity index (χ3n) is 5.23. The van der Waals surface area contributed by atoms with Crippen molar-refractivity contribution in [2.24, 2.45) is 0 Å². The molecule has 2 heterocycles. The van der Waals surface area contributed by atoms with E-state index in [1.165, 1.54) is 0 Å². The number of hydrogen-bond donors (Lipinski definition) is 1. The van der Waals surface area contributed by atoms with Crippen LogP contribution in [0.25, 0.3) is 0 Å². The minimum atomic E-state index is -1.95. The van der Waals surface area contributed by atoms with Crippen molar-refractivity contribution >= 4 is 8.32 Å². The van der Waals surface area contributed by atoms with Crippen molar-refractivity contribution in [3.8, 4) is 0 Å². The summed E-state index contributed by atoms with van der Waals surface area (Å²) in [6, 6.07) is 0. The molecule has 0 radical (unpaired) electrons. The number of aliphatic hydroxyl groups excluding tert-OH is 1. The van der Waals surface area contributed by atoms with Crippen LogP contribution in [0.1, 0.15) is 34.6 Å².